The highest BCUT2D eigenvalue weighted by Crippen LogP contribution is 2.29. The van der Waals surface area contributed by atoms with Crippen LogP contribution in [0.2, 0.25) is 0 Å². The van der Waals surface area contributed by atoms with Crippen molar-refractivity contribution in [1.29, 1.82) is 0 Å². The molecule has 1 amide bonds. The summed E-state index contributed by atoms with van der Waals surface area (Å²) in [5.41, 5.74) is 2.03. The van der Waals surface area contributed by atoms with Crippen LogP contribution in [0.25, 0.3) is 5.69 Å². The number of hydrogen-bond acceptors (Lipinski definition) is 3. The summed E-state index contributed by atoms with van der Waals surface area (Å²) in [5.74, 6) is 1.48. The molecule has 0 unspecified atom stereocenters. The average molecular weight is 341 g/mol. The number of nitrogens with zero attached hydrogens (tertiary/aromatic N) is 3. The molecule has 1 aliphatic heterocycles. The van der Waals surface area contributed by atoms with Crippen LogP contribution in [0.1, 0.15) is 50.9 Å². The Kier molecular flexibility index (Phi) is 4.84. The first-order valence-corrected chi connectivity index (χ1v) is 8.92. The monoisotopic (exact) mass is 341 g/mol. The number of carbonyl (C=O) groups is 1. The van der Waals surface area contributed by atoms with Crippen molar-refractivity contribution in [1.82, 2.24) is 14.5 Å². The zero-order chi connectivity index (χ0) is 18.0. The summed E-state index contributed by atoms with van der Waals surface area (Å²) >= 11 is 0. The van der Waals surface area contributed by atoms with E-state index in [1.807, 2.05) is 45.0 Å². The molecule has 0 spiro atoms. The second kappa shape index (κ2) is 6.90. The summed E-state index contributed by atoms with van der Waals surface area (Å²) in [5, 5.41) is 0. The van der Waals surface area contributed by atoms with Gasteiger partial charge in [-0.1, -0.05) is 12.1 Å². The van der Waals surface area contributed by atoms with Gasteiger partial charge in [-0.3, -0.25) is 0 Å². The average Bonchev–Trinajstić information content (AvgIpc) is 3.00. The van der Waals surface area contributed by atoms with Crippen LogP contribution in [0.3, 0.4) is 0 Å². The maximum Gasteiger partial charge on any atom is 0.410 e. The topological polar surface area (TPSA) is 47.4 Å². The lowest BCUT2D eigenvalue weighted by Gasteiger charge is -2.33. The number of aryl methyl sites for hydroxylation is 1. The van der Waals surface area contributed by atoms with Gasteiger partial charge in [-0.05, 0) is 64.2 Å². The van der Waals surface area contributed by atoms with Gasteiger partial charge in [0.15, 0.2) is 0 Å². The first kappa shape index (κ1) is 17.5. The largest absolute Gasteiger partial charge is 0.444 e. The van der Waals surface area contributed by atoms with Crippen LogP contribution in [0.4, 0.5) is 4.79 Å². The lowest BCUT2D eigenvalue weighted by molar-refractivity contribution is 0.0205. The fourth-order valence-corrected chi connectivity index (χ4v) is 3.28. The lowest BCUT2D eigenvalue weighted by atomic mass is 9.89. The number of hydrogen-bond donors (Lipinski definition) is 0. The SMILES string of the molecule is Cc1nccn1-c1ccc(C2CCN(C(=O)OC(C)(C)C)CC2)cc1. The van der Waals surface area contributed by atoms with Gasteiger partial charge in [0, 0.05) is 31.2 Å². The summed E-state index contributed by atoms with van der Waals surface area (Å²) < 4.78 is 7.54. The Labute approximate surface area is 149 Å². The molecule has 0 N–H and O–H groups in total. The van der Waals surface area contributed by atoms with E-state index in [0.717, 1.165) is 37.4 Å². The molecule has 0 saturated carbocycles. The van der Waals surface area contributed by atoms with Crippen LogP contribution in [0, 0.1) is 6.92 Å². The lowest BCUT2D eigenvalue weighted by Crippen LogP contribution is -2.41. The quantitative estimate of drug-likeness (QED) is 0.818. The fourth-order valence-electron chi connectivity index (χ4n) is 3.28. The van der Waals surface area contributed by atoms with E-state index in [2.05, 4.69) is 33.8 Å². The first-order chi connectivity index (χ1) is 11.8. The van der Waals surface area contributed by atoms with Crippen molar-refractivity contribution in [3.8, 4) is 5.69 Å². The number of carbonyl (C=O) groups excluding carboxylic acids is 1. The Morgan fingerprint density at radius 2 is 1.80 bits per heavy atom. The number of benzene rings is 1. The van der Waals surface area contributed by atoms with E-state index in [4.69, 9.17) is 4.74 Å². The molecule has 1 saturated heterocycles. The normalized spacial score (nSPS) is 16.1. The van der Waals surface area contributed by atoms with Crippen molar-refractivity contribution in [3.05, 3.63) is 48.0 Å². The van der Waals surface area contributed by atoms with E-state index >= 15 is 0 Å². The number of piperidine rings is 1. The van der Waals surface area contributed by atoms with Gasteiger partial charge in [-0.25, -0.2) is 9.78 Å². The molecule has 0 bridgehead atoms. The summed E-state index contributed by atoms with van der Waals surface area (Å²) in [4.78, 5) is 18.3. The van der Waals surface area contributed by atoms with E-state index in [0.29, 0.717) is 5.92 Å². The number of rotatable bonds is 2. The molecule has 134 valence electrons. The Morgan fingerprint density at radius 3 is 2.32 bits per heavy atom. The van der Waals surface area contributed by atoms with E-state index < -0.39 is 5.60 Å². The van der Waals surface area contributed by atoms with Crippen LogP contribution >= 0.6 is 0 Å². The third kappa shape index (κ3) is 4.21. The van der Waals surface area contributed by atoms with Gasteiger partial charge in [0.05, 0.1) is 0 Å². The minimum Gasteiger partial charge on any atom is -0.444 e. The van der Waals surface area contributed by atoms with Crippen LogP contribution in [0.5, 0.6) is 0 Å². The highest BCUT2D eigenvalue weighted by Gasteiger charge is 2.27. The molecule has 1 aliphatic rings. The van der Waals surface area contributed by atoms with Crippen molar-refractivity contribution >= 4 is 6.09 Å². The minimum absolute atomic E-state index is 0.197. The number of aromatic nitrogens is 2. The van der Waals surface area contributed by atoms with Crippen LogP contribution in [0.15, 0.2) is 36.7 Å². The van der Waals surface area contributed by atoms with Crippen molar-refractivity contribution in [2.45, 2.75) is 52.1 Å². The van der Waals surface area contributed by atoms with Crippen molar-refractivity contribution in [2.75, 3.05) is 13.1 Å². The highest BCUT2D eigenvalue weighted by molar-refractivity contribution is 5.68. The number of likely N-dealkylation sites (tertiary alicyclic amines) is 1. The van der Waals surface area contributed by atoms with Crippen LogP contribution in [-0.4, -0.2) is 39.2 Å². The smallest absolute Gasteiger partial charge is 0.410 e. The zero-order valence-corrected chi connectivity index (χ0v) is 15.5. The second-order valence-electron chi connectivity index (χ2n) is 7.68. The predicted molar refractivity (Wildman–Crippen MR) is 98.1 cm³/mol. The molecule has 5 heteroatoms. The van der Waals surface area contributed by atoms with Crippen molar-refractivity contribution in [2.24, 2.45) is 0 Å². The molecule has 0 aliphatic carbocycles. The molecule has 0 radical (unpaired) electrons. The summed E-state index contributed by atoms with van der Waals surface area (Å²) in [6, 6.07) is 8.68. The van der Waals surface area contributed by atoms with Gasteiger partial charge in [0.1, 0.15) is 11.4 Å². The summed E-state index contributed by atoms with van der Waals surface area (Å²) in [6.45, 7) is 9.22. The van der Waals surface area contributed by atoms with Crippen LogP contribution in [-0.2, 0) is 4.74 Å². The van der Waals surface area contributed by atoms with Crippen LogP contribution < -0.4 is 0 Å². The molecular formula is C20H27N3O2. The maximum atomic E-state index is 12.2. The number of imidazole rings is 1. The van der Waals surface area contributed by atoms with Crippen molar-refractivity contribution in [3.63, 3.8) is 0 Å². The molecule has 2 aromatic rings. The molecule has 25 heavy (non-hydrogen) atoms. The Hall–Kier alpha value is -2.30. The summed E-state index contributed by atoms with van der Waals surface area (Å²) in [6.07, 6.45) is 5.54. The molecule has 0 atom stereocenters. The molecule has 1 aromatic heterocycles. The van der Waals surface area contributed by atoms with Gasteiger partial charge in [-0.15, -0.1) is 0 Å². The van der Waals surface area contributed by atoms with Gasteiger partial charge < -0.3 is 14.2 Å². The number of amides is 1. The fraction of sp³-hybridized carbons (Fsp3) is 0.500. The summed E-state index contributed by atoms with van der Waals surface area (Å²) in [7, 11) is 0. The molecule has 1 aromatic carbocycles. The van der Waals surface area contributed by atoms with Gasteiger partial charge in [0.25, 0.3) is 0 Å². The minimum atomic E-state index is -0.435. The van der Waals surface area contributed by atoms with Gasteiger partial charge >= 0.3 is 6.09 Å². The van der Waals surface area contributed by atoms with Gasteiger partial charge in [0.2, 0.25) is 0 Å². The zero-order valence-electron chi connectivity index (χ0n) is 15.5. The Morgan fingerprint density at radius 1 is 1.16 bits per heavy atom. The first-order valence-electron chi connectivity index (χ1n) is 8.92. The second-order valence-corrected chi connectivity index (χ2v) is 7.68. The molecule has 5 nitrogen and oxygen atoms in total. The third-order valence-electron chi connectivity index (χ3n) is 4.62. The van der Waals surface area contributed by atoms with E-state index in [9.17, 15) is 4.79 Å². The Balaban J connectivity index is 1.60. The third-order valence-corrected chi connectivity index (χ3v) is 4.62. The standard InChI is InChI=1S/C20H27N3O2/c1-15-21-11-14-23(15)18-7-5-16(6-8-18)17-9-12-22(13-10-17)19(24)25-20(2,3)4/h5-8,11,14,17H,9-10,12-13H2,1-4H3. The van der Waals surface area contributed by atoms with Gasteiger partial charge in [-0.2, -0.15) is 0 Å². The highest BCUT2D eigenvalue weighted by atomic mass is 16.6. The van der Waals surface area contributed by atoms with E-state index in [-0.39, 0.29) is 6.09 Å². The molecule has 2 heterocycles. The Bertz CT molecular complexity index is 720. The molecular weight excluding hydrogens is 314 g/mol. The van der Waals surface area contributed by atoms with Crippen molar-refractivity contribution < 1.29 is 9.53 Å². The maximum absolute atomic E-state index is 12.2. The van der Waals surface area contributed by atoms with E-state index in [1.54, 1.807) is 0 Å². The van der Waals surface area contributed by atoms with E-state index in [1.165, 1.54) is 5.56 Å². The molecule has 1 fully saturated rings. The number of ether oxygens (including phenoxy) is 1. The molecule has 3 rings (SSSR count). The predicted octanol–water partition coefficient (Wildman–Crippen LogP) is 4.30.